The summed E-state index contributed by atoms with van der Waals surface area (Å²) in [6, 6.07) is 7.92. The van der Waals surface area contributed by atoms with Gasteiger partial charge < -0.3 is 10.6 Å². The van der Waals surface area contributed by atoms with Gasteiger partial charge in [-0.2, -0.15) is 0 Å². The predicted molar refractivity (Wildman–Crippen MR) is 79.4 cm³/mol. The number of halogens is 1. The van der Waals surface area contributed by atoms with Gasteiger partial charge in [-0.1, -0.05) is 28.9 Å². The second kappa shape index (κ2) is 6.24. The maximum atomic E-state index is 12.0. The molecule has 0 aliphatic carbocycles. The van der Waals surface area contributed by atoms with Crippen LogP contribution in [0.25, 0.3) is 0 Å². The van der Waals surface area contributed by atoms with E-state index in [-0.39, 0.29) is 5.91 Å². The summed E-state index contributed by atoms with van der Waals surface area (Å²) in [4.78, 5) is 12.0. The van der Waals surface area contributed by atoms with Crippen LogP contribution in [0.15, 0.2) is 30.5 Å². The number of hydrogen-bond donors (Lipinski definition) is 2. The maximum Gasteiger partial charge on any atom is 0.273 e. The van der Waals surface area contributed by atoms with Gasteiger partial charge in [0, 0.05) is 24.7 Å². The van der Waals surface area contributed by atoms with Crippen LogP contribution in [0.4, 0.5) is 0 Å². The molecule has 1 aliphatic heterocycles. The highest BCUT2D eigenvalue weighted by atomic mass is 35.5. The summed E-state index contributed by atoms with van der Waals surface area (Å²) in [5.41, 5.74) is 1.44. The van der Waals surface area contributed by atoms with Gasteiger partial charge in [0.15, 0.2) is 5.69 Å². The highest BCUT2D eigenvalue weighted by Crippen LogP contribution is 2.11. The highest BCUT2D eigenvalue weighted by Gasteiger charge is 2.21. The molecule has 7 heteroatoms. The Morgan fingerprint density at radius 1 is 1.48 bits per heavy atom. The number of aromatic nitrogens is 3. The third-order valence-corrected chi connectivity index (χ3v) is 3.70. The molecule has 1 fully saturated rings. The second-order valence-electron chi connectivity index (χ2n) is 5.03. The lowest BCUT2D eigenvalue weighted by Gasteiger charge is -2.26. The van der Waals surface area contributed by atoms with E-state index in [1.54, 1.807) is 10.9 Å². The molecule has 0 saturated carbocycles. The Morgan fingerprint density at radius 2 is 2.33 bits per heavy atom. The van der Waals surface area contributed by atoms with E-state index in [0.717, 1.165) is 25.1 Å². The van der Waals surface area contributed by atoms with Crippen LogP contribution in [0.5, 0.6) is 0 Å². The van der Waals surface area contributed by atoms with Crippen LogP contribution in [0, 0.1) is 0 Å². The van der Waals surface area contributed by atoms with Crippen LogP contribution in [-0.2, 0) is 6.42 Å². The van der Waals surface area contributed by atoms with Crippen molar-refractivity contribution in [2.45, 2.75) is 12.5 Å². The average Bonchev–Trinajstić information content (AvgIpc) is 2.86. The molecule has 110 valence electrons. The van der Waals surface area contributed by atoms with Crippen molar-refractivity contribution in [3.8, 4) is 0 Å². The van der Waals surface area contributed by atoms with E-state index in [2.05, 4.69) is 20.9 Å². The van der Waals surface area contributed by atoms with E-state index in [4.69, 9.17) is 11.6 Å². The summed E-state index contributed by atoms with van der Waals surface area (Å²) < 4.78 is 1.74. The molecule has 1 aromatic carbocycles. The molecule has 6 nitrogen and oxygen atoms in total. The van der Waals surface area contributed by atoms with Crippen molar-refractivity contribution in [1.82, 2.24) is 25.6 Å². The van der Waals surface area contributed by atoms with Crippen LogP contribution in [0.2, 0.25) is 5.02 Å². The van der Waals surface area contributed by atoms with Gasteiger partial charge in [-0.05, 0) is 24.1 Å². The first kappa shape index (κ1) is 14.0. The normalized spacial score (nSPS) is 14.7. The Hall–Kier alpha value is -1.92. The van der Waals surface area contributed by atoms with Crippen molar-refractivity contribution in [3.63, 3.8) is 0 Å². The Morgan fingerprint density at radius 3 is 3.05 bits per heavy atom. The SMILES string of the molecule is O=C(NCCc1cccc(Cl)c1)c1cn(C2CNC2)nn1. The molecule has 0 radical (unpaired) electrons. The summed E-state index contributed by atoms with van der Waals surface area (Å²) in [5.74, 6) is -0.199. The molecule has 2 aromatic rings. The number of amides is 1. The first-order valence-electron chi connectivity index (χ1n) is 6.87. The van der Waals surface area contributed by atoms with Crippen molar-refractivity contribution in [1.29, 1.82) is 0 Å². The minimum absolute atomic E-state index is 0.199. The minimum atomic E-state index is -0.199. The number of carbonyl (C=O) groups excluding carboxylic acids is 1. The lowest BCUT2D eigenvalue weighted by Crippen LogP contribution is -2.43. The van der Waals surface area contributed by atoms with E-state index >= 15 is 0 Å². The molecule has 1 aliphatic rings. The van der Waals surface area contributed by atoms with E-state index in [1.807, 2.05) is 24.3 Å². The molecule has 1 saturated heterocycles. The number of rotatable bonds is 5. The van der Waals surface area contributed by atoms with Gasteiger partial charge in [0.2, 0.25) is 0 Å². The number of carbonyl (C=O) groups is 1. The molecular formula is C14H16ClN5O. The van der Waals surface area contributed by atoms with Gasteiger partial charge in [-0.15, -0.1) is 5.10 Å². The molecule has 0 atom stereocenters. The van der Waals surface area contributed by atoms with E-state index < -0.39 is 0 Å². The Kier molecular flexibility index (Phi) is 4.17. The number of nitrogens with one attached hydrogen (secondary N) is 2. The lowest BCUT2D eigenvalue weighted by atomic mass is 10.1. The zero-order chi connectivity index (χ0) is 14.7. The van der Waals surface area contributed by atoms with Crippen LogP contribution in [-0.4, -0.2) is 40.5 Å². The summed E-state index contributed by atoms with van der Waals surface area (Å²) in [6.45, 7) is 2.29. The van der Waals surface area contributed by atoms with Gasteiger partial charge in [0.1, 0.15) is 0 Å². The molecule has 0 bridgehead atoms. The molecule has 0 spiro atoms. The van der Waals surface area contributed by atoms with Crippen molar-refractivity contribution < 1.29 is 4.79 Å². The fourth-order valence-corrected chi connectivity index (χ4v) is 2.34. The monoisotopic (exact) mass is 305 g/mol. The zero-order valence-electron chi connectivity index (χ0n) is 11.4. The molecule has 2 heterocycles. The minimum Gasteiger partial charge on any atom is -0.350 e. The fourth-order valence-electron chi connectivity index (χ4n) is 2.12. The fraction of sp³-hybridized carbons (Fsp3) is 0.357. The second-order valence-corrected chi connectivity index (χ2v) is 5.47. The molecule has 1 aromatic heterocycles. The summed E-state index contributed by atoms with van der Waals surface area (Å²) in [5, 5.41) is 14.6. The average molecular weight is 306 g/mol. The maximum absolute atomic E-state index is 12.0. The van der Waals surface area contributed by atoms with Gasteiger partial charge in [0.05, 0.1) is 12.2 Å². The first-order chi connectivity index (χ1) is 10.2. The molecule has 1 amide bonds. The summed E-state index contributed by atoms with van der Waals surface area (Å²) >= 11 is 5.92. The molecular weight excluding hydrogens is 290 g/mol. The van der Waals surface area contributed by atoms with Crippen molar-refractivity contribution in [2.24, 2.45) is 0 Å². The quantitative estimate of drug-likeness (QED) is 0.866. The van der Waals surface area contributed by atoms with E-state index in [9.17, 15) is 4.79 Å². The number of nitrogens with zero attached hydrogens (tertiary/aromatic N) is 3. The van der Waals surface area contributed by atoms with Crippen LogP contribution < -0.4 is 10.6 Å². The molecule has 2 N–H and O–H groups in total. The van der Waals surface area contributed by atoms with Crippen LogP contribution in [0.1, 0.15) is 22.1 Å². The van der Waals surface area contributed by atoms with E-state index in [1.165, 1.54) is 0 Å². The molecule has 21 heavy (non-hydrogen) atoms. The van der Waals surface area contributed by atoms with Crippen molar-refractivity contribution in [3.05, 3.63) is 46.7 Å². The zero-order valence-corrected chi connectivity index (χ0v) is 12.2. The molecule has 0 unspecified atom stereocenters. The lowest BCUT2D eigenvalue weighted by molar-refractivity contribution is 0.0949. The predicted octanol–water partition coefficient (Wildman–Crippen LogP) is 1.05. The van der Waals surface area contributed by atoms with Gasteiger partial charge in [-0.25, -0.2) is 4.68 Å². The Balaban J connectivity index is 1.50. The smallest absolute Gasteiger partial charge is 0.273 e. The Labute approximate surface area is 127 Å². The van der Waals surface area contributed by atoms with Gasteiger partial charge >= 0.3 is 0 Å². The number of benzene rings is 1. The summed E-state index contributed by atoms with van der Waals surface area (Å²) in [7, 11) is 0. The number of hydrogen-bond acceptors (Lipinski definition) is 4. The van der Waals surface area contributed by atoms with Gasteiger partial charge in [-0.3, -0.25) is 4.79 Å². The largest absolute Gasteiger partial charge is 0.350 e. The third kappa shape index (κ3) is 3.40. The third-order valence-electron chi connectivity index (χ3n) is 3.47. The van der Waals surface area contributed by atoms with Gasteiger partial charge in [0.25, 0.3) is 5.91 Å². The van der Waals surface area contributed by atoms with Crippen LogP contribution >= 0.6 is 11.6 Å². The standard InChI is InChI=1S/C14H16ClN5O/c15-11-3-1-2-10(6-11)4-5-17-14(21)13-9-20(19-18-13)12-7-16-8-12/h1-3,6,9,12,16H,4-5,7-8H2,(H,17,21). The van der Waals surface area contributed by atoms with Crippen LogP contribution in [0.3, 0.4) is 0 Å². The van der Waals surface area contributed by atoms with Crippen molar-refractivity contribution >= 4 is 17.5 Å². The first-order valence-corrected chi connectivity index (χ1v) is 7.25. The highest BCUT2D eigenvalue weighted by molar-refractivity contribution is 6.30. The Bertz CT molecular complexity index is 638. The van der Waals surface area contributed by atoms with E-state index in [0.29, 0.717) is 23.3 Å². The van der Waals surface area contributed by atoms with Crippen molar-refractivity contribution in [2.75, 3.05) is 19.6 Å². The summed E-state index contributed by atoms with van der Waals surface area (Å²) in [6.07, 6.45) is 2.42. The molecule has 3 rings (SSSR count). The topological polar surface area (TPSA) is 71.8 Å².